The first-order valence-electron chi connectivity index (χ1n) is 8.07. The van der Waals surface area contributed by atoms with Gasteiger partial charge in [-0.3, -0.25) is 14.9 Å². The summed E-state index contributed by atoms with van der Waals surface area (Å²) < 4.78 is 5.57. The minimum absolute atomic E-state index is 0.0964. The maximum absolute atomic E-state index is 11.1. The Morgan fingerprint density at radius 3 is 2.58 bits per heavy atom. The van der Waals surface area contributed by atoms with Crippen molar-refractivity contribution in [1.82, 2.24) is 5.32 Å². The number of benzene rings is 2. The summed E-state index contributed by atoms with van der Waals surface area (Å²) in [5.74, 6) is -0.344. The highest BCUT2D eigenvalue weighted by molar-refractivity contribution is 6.30. The van der Waals surface area contributed by atoms with E-state index in [9.17, 15) is 14.9 Å². The molecule has 0 radical (unpaired) electrons. The van der Waals surface area contributed by atoms with E-state index in [-0.39, 0.29) is 16.5 Å². The largest absolute Gasteiger partial charge is 0.480 e. The Kier molecular flexibility index (Phi) is 6.94. The Morgan fingerprint density at radius 2 is 2.00 bits per heavy atom. The fourth-order valence-corrected chi connectivity index (χ4v) is 2.53. The first-order chi connectivity index (χ1) is 12.4. The van der Waals surface area contributed by atoms with Gasteiger partial charge in [0.25, 0.3) is 0 Å². The molecule has 2 rings (SSSR count). The summed E-state index contributed by atoms with van der Waals surface area (Å²) in [6.07, 6.45) is 1.33. The topological polar surface area (TPSA) is 102 Å². The van der Waals surface area contributed by atoms with Crippen LogP contribution in [0.25, 0.3) is 0 Å². The maximum Gasteiger partial charge on any atom is 0.320 e. The van der Waals surface area contributed by atoms with Crippen molar-refractivity contribution in [3.8, 4) is 11.5 Å². The third kappa shape index (κ3) is 5.44. The van der Waals surface area contributed by atoms with Gasteiger partial charge < -0.3 is 15.2 Å². The molecular formula is C18H19ClN2O5. The molecule has 0 saturated carbocycles. The summed E-state index contributed by atoms with van der Waals surface area (Å²) in [5, 5.41) is 23.5. The summed E-state index contributed by atoms with van der Waals surface area (Å²) in [7, 11) is 0. The predicted octanol–water partition coefficient (Wildman–Crippen LogP) is 4.38. The average Bonchev–Trinajstić information content (AvgIpc) is 2.61. The van der Waals surface area contributed by atoms with Crippen LogP contribution in [0.2, 0.25) is 5.02 Å². The van der Waals surface area contributed by atoms with Crippen LogP contribution in [-0.2, 0) is 11.3 Å². The highest BCUT2D eigenvalue weighted by Gasteiger charge is 2.17. The van der Waals surface area contributed by atoms with Crippen LogP contribution in [0, 0.1) is 10.1 Å². The van der Waals surface area contributed by atoms with Gasteiger partial charge in [0.05, 0.1) is 4.92 Å². The number of carboxylic acid groups (broad SMARTS) is 1. The summed E-state index contributed by atoms with van der Waals surface area (Å²) >= 11 is 5.78. The van der Waals surface area contributed by atoms with E-state index in [0.29, 0.717) is 18.7 Å². The van der Waals surface area contributed by atoms with Crippen molar-refractivity contribution >= 4 is 23.3 Å². The van der Waals surface area contributed by atoms with E-state index >= 15 is 0 Å². The van der Waals surface area contributed by atoms with E-state index in [4.69, 9.17) is 21.4 Å². The Balaban J connectivity index is 2.04. The van der Waals surface area contributed by atoms with E-state index in [2.05, 4.69) is 5.32 Å². The SMILES string of the molecule is CCCC(NCc1ccc(Oc2ccc(Cl)cc2[N+](=O)[O-])cc1)C(=O)O. The van der Waals surface area contributed by atoms with Crippen molar-refractivity contribution in [1.29, 1.82) is 0 Å². The van der Waals surface area contributed by atoms with Crippen molar-refractivity contribution in [3.05, 3.63) is 63.2 Å². The molecule has 2 aromatic rings. The molecule has 26 heavy (non-hydrogen) atoms. The minimum atomic E-state index is -0.873. The van der Waals surface area contributed by atoms with E-state index in [1.807, 2.05) is 6.92 Å². The molecule has 2 aromatic carbocycles. The second-order valence-electron chi connectivity index (χ2n) is 5.68. The first-order valence-corrected chi connectivity index (χ1v) is 8.45. The van der Waals surface area contributed by atoms with Crippen LogP contribution in [0.5, 0.6) is 11.5 Å². The summed E-state index contributed by atoms with van der Waals surface area (Å²) in [6, 6.07) is 10.5. The van der Waals surface area contributed by atoms with Gasteiger partial charge >= 0.3 is 11.7 Å². The van der Waals surface area contributed by atoms with E-state index in [1.54, 1.807) is 24.3 Å². The number of hydrogen-bond acceptors (Lipinski definition) is 5. The molecule has 8 heteroatoms. The van der Waals surface area contributed by atoms with E-state index in [1.165, 1.54) is 18.2 Å². The Bertz CT molecular complexity index is 780. The summed E-state index contributed by atoms with van der Waals surface area (Å²) in [4.78, 5) is 21.7. The van der Waals surface area contributed by atoms with Crippen molar-refractivity contribution in [3.63, 3.8) is 0 Å². The predicted molar refractivity (Wildman–Crippen MR) is 97.8 cm³/mol. The van der Waals surface area contributed by atoms with Crippen LogP contribution >= 0.6 is 11.6 Å². The number of halogens is 1. The normalized spacial score (nSPS) is 11.8. The summed E-state index contributed by atoms with van der Waals surface area (Å²) in [5.41, 5.74) is 0.664. The molecule has 0 bridgehead atoms. The molecule has 0 saturated heterocycles. The lowest BCUT2D eigenvalue weighted by molar-refractivity contribution is -0.385. The van der Waals surface area contributed by atoms with Crippen molar-refractivity contribution < 1.29 is 19.6 Å². The van der Waals surface area contributed by atoms with Gasteiger partial charge in [-0.25, -0.2) is 0 Å². The number of nitrogens with zero attached hydrogens (tertiary/aromatic N) is 1. The number of hydrogen-bond donors (Lipinski definition) is 2. The fraction of sp³-hybridized carbons (Fsp3) is 0.278. The zero-order chi connectivity index (χ0) is 19.1. The fourth-order valence-electron chi connectivity index (χ4n) is 2.36. The number of rotatable bonds is 9. The molecule has 0 aliphatic carbocycles. The second kappa shape index (κ2) is 9.17. The number of nitro benzene ring substituents is 1. The van der Waals surface area contributed by atoms with Gasteiger partial charge in [0.2, 0.25) is 5.75 Å². The second-order valence-corrected chi connectivity index (χ2v) is 6.11. The number of carbonyl (C=O) groups is 1. The quantitative estimate of drug-likeness (QED) is 0.495. The van der Waals surface area contributed by atoms with Gasteiger partial charge in [-0.2, -0.15) is 0 Å². The van der Waals surface area contributed by atoms with Crippen LogP contribution in [-0.4, -0.2) is 22.0 Å². The standard InChI is InChI=1S/C18H19ClN2O5/c1-2-3-15(18(22)23)20-11-12-4-7-14(8-5-12)26-17-9-6-13(19)10-16(17)21(24)25/h4-10,15,20H,2-3,11H2,1H3,(H,22,23). The molecule has 0 aliphatic rings. The zero-order valence-electron chi connectivity index (χ0n) is 14.1. The van der Waals surface area contributed by atoms with Crippen LogP contribution in [0.4, 0.5) is 5.69 Å². The van der Waals surface area contributed by atoms with Gasteiger partial charge in [-0.15, -0.1) is 0 Å². The molecule has 1 unspecified atom stereocenters. The molecule has 0 heterocycles. The highest BCUT2D eigenvalue weighted by atomic mass is 35.5. The van der Waals surface area contributed by atoms with E-state index < -0.39 is 16.9 Å². The van der Waals surface area contributed by atoms with Gasteiger partial charge in [0.15, 0.2) is 0 Å². The Hall–Kier alpha value is -2.64. The number of aliphatic carboxylic acids is 1. The number of carboxylic acids is 1. The Labute approximate surface area is 155 Å². The first kappa shape index (κ1) is 19.7. The smallest absolute Gasteiger partial charge is 0.320 e. The molecular weight excluding hydrogens is 360 g/mol. The molecule has 1 atom stereocenters. The lowest BCUT2D eigenvalue weighted by atomic mass is 10.1. The third-order valence-electron chi connectivity index (χ3n) is 3.70. The third-order valence-corrected chi connectivity index (χ3v) is 3.93. The molecule has 0 aromatic heterocycles. The maximum atomic E-state index is 11.1. The Morgan fingerprint density at radius 1 is 1.31 bits per heavy atom. The zero-order valence-corrected chi connectivity index (χ0v) is 14.9. The minimum Gasteiger partial charge on any atom is -0.480 e. The molecule has 2 N–H and O–H groups in total. The molecule has 7 nitrogen and oxygen atoms in total. The lowest BCUT2D eigenvalue weighted by Crippen LogP contribution is -2.35. The highest BCUT2D eigenvalue weighted by Crippen LogP contribution is 2.33. The number of nitro groups is 1. The average molecular weight is 379 g/mol. The monoisotopic (exact) mass is 378 g/mol. The number of nitrogens with one attached hydrogen (secondary N) is 1. The van der Waals surface area contributed by atoms with Crippen LogP contribution in [0.15, 0.2) is 42.5 Å². The van der Waals surface area contributed by atoms with Crippen molar-refractivity contribution in [2.45, 2.75) is 32.4 Å². The van der Waals surface area contributed by atoms with Crippen LogP contribution < -0.4 is 10.1 Å². The van der Waals surface area contributed by atoms with Crippen LogP contribution in [0.1, 0.15) is 25.3 Å². The lowest BCUT2D eigenvalue weighted by Gasteiger charge is -2.13. The number of ether oxygens (including phenoxy) is 1. The summed E-state index contributed by atoms with van der Waals surface area (Å²) in [6.45, 7) is 2.33. The molecule has 0 amide bonds. The van der Waals surface area contributed by atoms with Crippen molar-refractivity contribution in [2.24, 2.45) is 0 Å². The molecule has 138 valence electrons. The van der Waals surface area contributed by atoms with Gasteiger partial charge in [-0.1, -0.05) is 37.1 Å². The van der Waals surface area contributed by atoms with Gasteiger partial charge in [0.1, 0.15) is 11.8 Å². The van der Waals surface area contributed by atoms with Gasteiger partial charge in [-0.05, 0) is 36.2 Å². The van der Waals surface area contributed by atoms with Gasteiger partial charge in [0, 0.05) is 17.6 Å². The van der Waals surface area contributed by atoms with E-state index in [0.717, 1.165) is 12.0 Å². The van der Waals surface area contributed by atoms with Crippen LogP contribution in [0.3, 0.4) is 0 Å². The molecule has 0 aliphatic heterocycles. The van der Waals surface area contributed by atoms with Crippen molar-refractivity contribution in [2.75, 3.05) is 0 Å². The molecule has 0 fully saturated rings. The molecule has 0 spiro atoms.